The summed E-state index contributed by atoms with van der Waals surface area (Å²) in [5.74, 6) is 0.787. The Balaban J connectivity index is 1.32. The zero-order chi connectivity index (χ0) is 36.4. The zero-order valence-electron chi connectivity index (χ0n) is 28.4. The number of hydrogen-bond acceptors (Lipinski definition) is 8. The summed E-state index contributed by atoms with van der Waals surface area (Å²) in [6, 6.07) is 12.7. The van der Waals surface area contributed by atoms with E-state index < -0.39 is 12.2 Å². The molecule has 11 nitrogen and oxygen atoms in total. The number of benzene rings is 2. The quantitative estimate of drug-likeness (QED) is 0.149. The minimum absolute atomic E-state index is 0.0895. The van der Waals surface area contributed by atoms with Crippen LogP contribution in [0.4, 0.5) is 4.79 Å². The average Bonchev–Trinajstić information content (AvgIpc) is 3.52. The van der Waals surface area contributed by atoms with Gasteiger partial charge in [-0.15, -0.1) is 0 Å². The molecule has 2 aliphatic rings. The van der Waals surface area contributed by atoms with Crippen molar-refractivity contribution in [3.8, 4) is 45.3 Å². The lowest BCUT2D eigenvalue weighted by molar-refractivity contribution is -0.119. The highest BCUT2D eigenvalue weighted by Crippen LogP contribution is 2.44. The number of amides is 2. The molecule has 4 aromatic rings. The third-order valence-electron chi connectivity index (χ3n) is 9.22. The van der Waals surface area contributed by atoms with Gasteiger partial charge in [-0.25, -0.2) is 9.78 Å². The molecule has 1 unspecified atom stereocenters. The molecule has 1 fully saturated rings. The summed E-state index contributed by atoms with van der Waals surface area (Å²) < 4.78 is 11.4. The number of β-amino-alcohol motifs (C(OH)–C–C–N with tert-alkyl or cyclic N) is 1. The molecule has 3 N–H and O–H groups in total. The van der Waals surface area contributed by atoms with E-state index in [4.69, 9.17) is 44.3 Å². The van der Waals surface area contributed by atoms with E-state index in [0.717, 1.165) is 35.4 Å². The molecule has 51 heavy (non-hydrogen) atoms. The molecule has 4 heterocycles. The van der Waals surface area contributed by atoms with Crippen LogP contribution in [0.3, 0.4) is 0 Å². The number of pyridine rings is 2. The highest BCUT2D eigenvalue weighted by Gasteiger charge is 2.28. The van der Waals surface area contributed by atoms with Gasteiger partial charge in [0.1, 0.15) is 5.75 Å². The summed E-state index contributed by atoms with van der Waals surface area (Å²) in [5.41, 5.74) is 6.32. The largest absolute Gasteiger partial charge is 0.496 e. The number of fused-ring (bicyclic) bond motifs is 1. The number of hydrogen-bond donors (Lipinski definition) is 3. The monoisotopic (exact) mass is 753 g/mol. The second-order valence-electron chi connectivity index (χ2n) is 12.8. The van der Waals surface area contributed by atoms with Gasteiger partial charge in [0.15, 0.2) is 0 Å². The molecule has 0 spiro atoms. The van der Waals surface area contributed by atoms with Gasteiger partial charge < -0.3 is 29.9 Å². The number of halogens is 3. The Kier molecular flexibility index (Phi) is 11.2. The van der Waals surface area contributed by atoms with Crippen molar-refractivity contribution in [1.29, 1.82) is 0 Å². The van der Waals surface area contributed by atoms with Crippen LogP contribution in [0.2, 0.25) is 15.1 Å². The molecular weight excluding hydrogens is 717 g/mol. The van der Waals surface area contributed by atoms with E-state index >= 15 is 0 Å². The first kappa shape index (κ1) is 36.7. The molecular formula is C37H38Cl3N5O6. The zero-order valence-corrected chi connectivity index (χ0v) is 30.6. The van der Waals surface area contributed by atoms with Gasteiger partial charge >= 0.3 is 6.09 Å². The second kappa shape index (κ2) is 15.6. The first-order chi connectivity index (χ1) is 24.5. The van der Waals surface area contributed by atoms with Crippen LogP contribution < -0.4 is 14.8 Å². The van der Waals surface area contributed by atoms with Crippen molar-refractivity contribution in [2.75, 3.05) is 33.9 Å². The summed E-state index contributed by atoms with van der Waals surface area (Å²) >= 11 is 21.0. The maximum absolute atomic E-state index is 12.1. The lowest BCUT2D eigenvalue weighted by Gasteiger charge is -2.31. The van der Waals surface area contributed by atoms with Gasteiger partial charge in [-0.05, 0) is 49.6 Å². The third-order valence-corrected chi connectivity index (χ3v) is 10.3. The summed E-state index contributed by atoms with van der Waals surface area (Å²) in [7, 11) is 3.08. The van der Waals surface area contributed by atoms with Crippen LogP contribution in [0, 0.1) is 0 Å². The molecule has 268 valence electrons. The number of aliphatic hydroxyl groups is 1. The molecule has 0 bridgehead atoms. The number of aromatic nitrogens is 2. The van der Waals surface area contributed by atoms with Crippen LogP contribution in [-0.4, -0.2) is 88.0 Å². The Bertz CT molecular complexity index is 1960. The molecule has 1 saturated heterocycles. The number of ether oxygens (including phenoxy) is 2. The van der Waals surface area contributed by atoms with Crippen molar-refractivity contribution in [3.05, 3.63) is 80.4 Å². The lowest BCUT2D eigenvalue weighted by atomic mass is 9.93. The molecule has 6 rings (SSSR count). The van der Waals surface area contributed by atoms with Crippen LogP contribution >= 0.6 is 34.8 Å². The first-order valence-electron chi connectivity index (χ1n) is 16.5. The molecule has 0 saturated carbocycles. The number of carbonyl (C=O) groups is 2. The third kappa shape index (κ3) is 7.88. The molecule has 0 aliphatic carbocycles. The van der Waals surface area contributed by atoms with Crippen LogP contribution in [0.25, 0.3) is 33.6 Å². The van der Waals surface area contributed by atoms with Crippen molar-refractivity contribution in [3.63, 3.8) is 0 Å². The number of rotatable bonds is 11. The van der Waals surface area contributed by atoms with Gasteiger partial charge in [-0.3, -0.25) is 14.7 Å². The van der Waals surface area contributed by atoms with E-state index in [1.165, 1.54) is 12.0 Å². The molecule has 2 aromatic heterocycles. The summed E-state index contributed by atoms with van der Waals surface area (Å²) in [6.45, 7) is 3.88. The van der Waals surface area contributed by atoms with E-state index in [0.29, 0.717) is 69.6 Å². The van der Waals surface area contributed by atoms with Gasteiger partial charge in [-0.2, -0.15) is 0 Å². The Hall–Kier alpha value is -4.13. The van der Waals surface area contributed by atoms with E-state index in [2.05, 4.69) is 26.3 Å². The van der Waals surface area contributed by atoms with Crippen molar-refractivity contribution < 1.29 is 29.3 Å². The summed E-state index contributed by atoms with van der Waals surface area (Å²) in [4.78, 5) is 36.5. The number of carboxylic acid groups (broad SMARTS) is 1. The fraction of sp³-hybridized carbons (Fsp3) is 0.351. The number of nitrogens with one attached hydrogen (secondary N) is 1. The number of carbonyl (C=O) groups excluding carboxylic acids is 1. The van der Waals surface area contributed by atoms with Gasteiger partial charge in [0.05, 0.1) is 58.9 Å². The molecule has 14 heteroatoms. The maximum Gasteiger partial charge on any atom is 0.407 e. The molecule has 0 radical (unpaired) electrons. The van der Waals surface area contributed by atoms with Crippen molar-refractivity contribution in [2.45, 2.75) is 51.4 Å². The number of nitrogens with zero attached hydrogens (tertiary/aromatic N) is 4. The fourth-order valence-electron chi connectivity index (χ4n) is 6.78. The topological polar surface area (TPSA) is 137 Å². The smallest absolute Gasteiger partial charge is 0.407 e. The Labute approximate surface area is 311 Å². The minimum Gasteiger partial charge on any atom is -0.496 e. The Morgan fingerprint density at radius 1 is 1.08 bits per heavy atom. The van der Waals surface area contributed by atoms with Crippen LogP contribution in [0.5, 0.6) is 11.6 Å². The van der Waals surface area contributed by atoms with E-state index in [1.54, 1.807) is 38.4 Å². The van der Waals surface area contributed by atoms with Crippen LogP contribution in [0.1, 0.15) is 36.5 Å². The van der Waals surface area contributed by atoms with Crippen LogP contribution in [0.15, 0.2) is 48.7 Å². The molecule has 2 amide bonds. The van der Waals surface area contributed by atoms with Crippen molar-refractivity contribution >= 4 is 46.8 Å². The second-order valence-corrected chi connectivity index (χ2v) is 13.9. The van der Waals surface area contributed by atoms with E-state index in [-0.39, 0.29) is 35.9 Å². The summed E-state index contributed by atoms with van der Waals surface area (Å²) in [5, 5.41) is 23.7. The van der Waals surface area contributed by atoms with Crippen molar-refractivity contribution in [2.24, 2.45) is 0 Å². The fourth-order valence-corrected chi connectivity index (χ4v) is 7.67. The van der Waals surface area contributed by atoms with Gasteiger partial charge in [-0.1, -0.05) is 53.0 Å². The van der Waals surface area contributed by atoms with Crippen LogP contribution in [-0.2, 0) is 24.3 Å². The number of aliphatic hydroxyl groups excluding tert-OH is 1. The standard InChI is InChI=1S/C37H38Cl3N5O6/c1-20(46)16-44-12-10-21-13-22(14-31(50-2)27(21)18-44)35-34(40)25(9-11-41-35)24-5-4-6-26(33(24)39)30-15-29(38)28(36(43-30)51-3)19-45(37(48)49)17-23-7-8-32(47)42-23/h4-6,9,11,13-15,20,23,46H,7-8,10,12,16-19H2,1-3H3,(H,42,47)(H,48,49)/t20?,23-/m0/s1. The van der Waals surface area contributed by atoms with Crippen molar-refractivity contribution in [1.82, 2.24) is 25.1 Å². The Morgan fingerprint density at radius 2 is 1.84 bits per heavy atom. The van der Waals surface area contributed by atoms with Gasteiger partial charge in [0.2, 0.25) is 11.8 Å². The summed E-state index contributed by atoms with van der Waals surface area (Å²) in [6.07, 6.45) is 1.81. The molecule has 2 atom stereocenters. The molecule has 2 aliphatic heterocycles. The van der Waals surface area contributed by atoms with E-state index in [9.17, 15) is 19.8 Å². The average molecular weight is 755 g/mol. The predicted molar refractivity (Wildman–Crippen MR) is 197 cm³/mol. The SMILES string of the molecule is COc1cc(-c2nccc(-c3cccc(-c4cc(Cl)c(CN(C[C@@H]5CCC(=O)N5)C(=O)O)c(OC)n4)c3Cl)c2Cl)cc2c1CN(CC(C)O)CC2. The normalized spacial score (nSPS) is 16.4. The van der Waals surface area contributed by atoms with Gasteiger partial charge in [0, 0.05) is 72.7 Å². The molecule has 2 aromatic carbocycles. The highest BCUT2D eigenvalue weighted by molar-refractivity contribution is 6.39. The highest BCUT2D eigenvalue weighted by atomic mass is 35.5. The Morgan fingerprint density at radius 3 is 2.53 bits per heavy atom. The maximum atomic E-state index is 12.1. The van der Waals surface area contributed by atoms with E-state index in [1.807, 2.05) is 18.2 Å². The van der Waals surface area contributed by atoms with Gasteiger partial charge in [0.25, 0.3) is 0 Å². The predicted octanol–water partition coefficient (Wildman–Crippen LogP) is 6.95. The minimum atomic E-state index is -1.16. The lowest BCUT2D eigenvalue weighted by Crippen LogP contribution is -2.41. The first-order valence-corrected chi connectivity index (χ1v) is 17.7. The number of methoxy groups -OCH3 is 2.